The first kappa shape index (κ1) is 10.9. The van der Waals surface area contributed by atoms with Crippen LogP contribution in [-0.4, -0.2) is 19.6 Å². The number of hydrogen-bond acceptors (Lipinski definition) is 4. The van der Waals surface area contributed by atoms with Gasteiger partial charge >= 0.3 is 0 Å². The Morgan fingerprint density at radius 1 is 1.05 bits per heavy atom. The monoisotopic (exact) mass is 261 g/mol. The van der Waals surface area contributed by atoms with E-state index in [0.29, 0.717) is 0 Å². The molecule has 0 fully saturated rings. The molecule has 96 valence electrons. The van der Waals surface area contributed by atoms with Crippen molar-refractivity contribution < 1.29 is 0 Å². The van der Waals surface area contributed by atoms with E-state index in [-0.39, 0.29) is 5.95 Å². The van der Waals surface area contributed by atoms with Crippen molar-refractivity contribution in [1.29, 1.82) is 0 Å². The summed E-state index contributed by atoms with van der Waals surface area (Å²) in [6, 6.07) is 14.1. The lowest BCUT2D eigenvalue weighted by molar-refractivity contribution is 0.969. The van der Waals surface area contributed by atoms with Gasteiger partial charge in [-0.1, -0.05) is 24.3 Å². The zero-order chi connectivity index (χ0) is 13.5. The molecule has 5 nitrogen and oxygen atoms in total. The third kappa shape index (κ3) is 1.60. The van der Waals surface area contributed by atoms with E-state index < -0.39 is 0 Å². The van der Waals surface area contributed by atoms with Crippen LogP contribution in [0, 0.1) is 0 Å². The summed E-state index contributed by atoms with van der Waals surface area (Å²) in [6.07, 6.45) is 3.66. The largest absolute Gasteiger partial charge is 0.366 e. The topological polar surface area (TPSA) is 69.1 Å². The number of anilines is 1. The van der Waals surface area contributed by atoms with Crippen molar-refractivity contribution in [2.75, 3.05) is 5.73 Å². The number of nitrogen functional groups attached to an aromatic ring is 1. The van der Waals surface area contributed by atoms with Crippen molar-refractivity contribution in [3.8, 4) is 11.1 Å². The quantitative estimate of drug-likeness (QED) is 0.571. The van der Waals surface area contributed by atoms with Crippen LogP contribution in [0.5, 0.6) is 0 Å². The van der Waals surface area contributed by atoms with Crippen molar-refractivity contribution in [2.45, 2.75) is 0 Å². The Hall–Kier alpha value is -2.95. The van der Waals surface area contributed by atoms with Crippen LogP contribution in [0.2, 0.25) is 0 Å². The second-order valence-electron chi connectivity index (χ2n) is 4.57. The van der Waals surface area contributed by atoms with Crippen molar-refractivity contribution in [1.82, 2.24) is 19.6 Å². The van der Waals surface area contributed by atoms with E-state index in [9.17, 15) is 0 Å². The Bertz CT molecular complexity index is 921. The summed E-state index contributed by atoms with van der Waals surface area (Å²) in [7, 11) is 0. The van der Waals surface area contributed by atoms with Gasteiger partial charge in [0.15, 0.2) is 5.65 Å². The van der Waals surface area contributed by atoms with Gasteiger partial charge in [-0.2, -0.15) is 4.98 Å². The zero-order valence-corrected chi connectivity index (χ0v) is 10.6. The second kappa shape index (κ2) is 4.03. The first-order chi connectivity index (χ1) is 9.81. The number of para-hydroxylation sites is 1. The Kier molecular flexibility index (Phi) is 2.20. The lowest BCUT2D eigenvalue weighted by Gasteiger charge is -2.05. The fourth-order valence-electron chi connectivity index (χ4n) is 2.40. The highest BCUT2D eigenvalue weighted by Crippen LogP contribution is 2.27. The molecule has 3 heterocycles. The van der Waals surface area contributed by atoms with Crippen molar-refractivity contribution >= 4 is 22.5 Å². The van der Waals surface area contributed by atoms with Crippen LogP contribution in [0.1, 0.15) is 0 Å². The van der Waals surface area contributed by atoms with E-state index in [1.165, 1.54) is 0 Å². The lowest BCUT2D eigenvalue weighted by Crippen LogP contribution is -1.90. The van der Waals surface area contributed by atoms with Crippen molar-refractivity contribution in [2.24, 2.45) is 0 Å². The molecule has 4 aromatic rings. The maximum atomic E-state index is 5.61. The molecule has 2 N–H and O–H groups in total. The van der Waals surface area contributed by atoms with E-state index in [0.717, 1.165) is 27.7 Å². The molecule has 1 aromatic carbocycles. The molecule has 20 heavy (non-hydrogen) atoms. The molecule has 5 heteroatoms. The SMILES string of the molecule is Nc1nc2cc(-c3cccc4cccnc34)ccn2n1. The number of pyridine rings is 2. The molecule has 0 aliphatic heterocycles. The Morgan fingerprint density at radius 2 is 1.95 bits per heavy atom. The predicted octanol–water partition coefficient (Wildman–Crippen LogP) is 2.53. The third-order valence-corrected chi connectivity index (χ3v) is 3.30. The van der Waals surface area contributed by atoms with Gasteiger partial charge in [0, 0.05) is 23.3 Å². The minimum absolute atomic E-state index is 0.276. The molecular formula is C15H11N5. The summed E-state index contributed by atoms with van der Waals surface area (Å²) < 4.78 is 1.66. The smallest absolute Gasteiger partial charge is 0.240 e. The number of hydrogen-bond donors (Lipinski definition) is 1. The number of nitrogens with two attached hydrogens (primary N) is 1. The summed E-state index contributed by atoms with van der Waals surface area (Å²) in [4.78, 5) is 8.66. The molecule has 0 atom stereocenters. The summed E-state index contributed by atoms with van der Waals surface area (Å²) in [5, 5.41) is 5.19. The van der Waals surface area contributed by atoms with Gasteiger partial charge in [-0.15, -0.1) is 5.10 Å². The van der Waals surface area contributed by atoms with Crippen LogP contribution in [0.4, 0.5) is 5.95 Å². The maximum Gasteiger partial charge on any atom is 0.240 e. The van der Waals surface area contributed by atoms with Crippen LogP contribution in [-0.2, 0) is 0 Å². The van der Waals surface area contributed by atoms with Gasteiger partial charge in [0.2, 0.25) is 5.95 Å². The van der Waals surface area contributed by atoms with Gasteiger partial charge < -0.3 is 5.73 Å². The molecule has 0 amide bonds. The van der Waals surface area contributed by atoms with Crippen LogP contribution in [0.3, 0.4) is 0 Å². The first-order valence-corrected chi connectivity index (χ1v) is 6.27. The van der Waals surface area contributed by atoms with Gasteiger partial charge in [0.1, 0.15) is 0 Å². The molecule has 0 unspecified atom stereocenters. The highest BCUT2D eigenvalue weighted by atomic mass is 15.3. The second-order valence-corrected chi connectivity index (χ2v) is 4.57. The average molecular weight is 261 g/mol. The number of rotatable bonds is 1. The Balaban J connectivity index is 2.00. The van der Waals surface area contributed by atoms with E-state index in [2.05, 4.69) is 33.3 Å². The summed E-state index contributed by atoms with van der Waals surface area (Å²) in [6.45, 7) is 0. The Morgan fingerprint density at radius 3 is 2.90 bits per heavy atom. The fraction of sp³-hybridized carbons (Fsp3) is 0. The van der Waals surface area contributed by atoms with Crippen molar-refractivity contribution in [3.63, 3.8) is 0 Å². The molecule has 0 saturated carbocycles. The normalized spacial score (nSPS) is 11.2. The minimum Gasteiger partial charge on any atom is -0.366 e. The van der Waals surface area contributed by atoms with Gasteiger partial charge in [0.25, 0.3) is 0 Å². The van der Waals surface area contributed by atoms with Gasteiger partial charge in [-0.25, -0.2) is 4.52 Å². The highest BCUT2D eigenvalue weighted by Gasteiger charge is 2.07. The molecule has 0 aliphatic carbocycles. The lowest BCUT2D eigenvalue weighted by atomic mass is 10.0. The average Bonchev–Trinajstić information content (AvgIpc) is 2.85. The molecule has 0 saturated heterocycles. The zero-order valence-electron chi connectivity index (χ0n) is 10.6. The summed E-state index contributed by atoms with van der Waals surface area (Å²) in [5.74, 6) is 0.276. The number of fused-ring (bicyclic) bond motifs is 2. The molecule has 3 aromatic heterocycles. The van der Waals surface area contributed by atoms with Crippen molar-refractivity contribution in [3.05, 3.63) is 54.9 Å². The minimum atomic E-state index is 0.276. The van der Waals surface area contributed by atoms with Gasteiger partial charge in [-0.05, 0) is 23.8 Å². The predicted molar refractivity (Wildman–Crippen MR) is 78.1 cm³/mol. The van der Waals surface area contributed by atoms with Crippen LogP contribution in [0.25, 0.3) is 27.7 Å². The maximum absolute atomic E-state index is 5.61. The third-order valence-electron chi connectivity index (χ3n) is 3.30. The standard InChI is InChI=1S/C15H11N5/c16-15-18-13-9-11(6-8-20(13)19-15)12-5-1-3-10-4-2-7-17-14(10)12/h1-9H,(H2,16,19). The van der Waals surface area contributed by atoms with E-state index >= 15 is 0 Å². The first-order valence-electron chi connectivity index (χ1n) is 6.27. The molecule has 0 bridgehead atoms. The van der Waals surface area contributed by atoms with Gasteiger partial charge in [-0.3, -0.25) is 4.98 Å². The fourth-order valence-corrected chi connectivity index (χ4v) is 2.40. The molecule has 0 radical (unpaired) electrons. The summed E-state index contributed by atoms with van der Waals surface area (Å²) in [5.41, 5.74) is 9.45. The molecular weight excluding hydrogens is 250 g/mol. The van der Waals surface area contributed by atoms with Gasteiger partial charge in [0.05, 0.1) is 5.52 Å². The van der Waals surface area contributed by atoms with E-state index in [4.69, 9.17) is 5.73 Å². The number of benzene rings is 1. The molecule has 0 spiro atoms. The highest BCUT2D eigenvalue weighted by molar-refractivity contribution is 5.93. The Labute approximate surface area is 114 Å². The van der Waals surface area contributed by atoms with Crippen LogP contribution < -0.4 is 5.73 Å². The van der Waals surface area contributed by atoms with Crippen LogP contribution in [0.15, 0.2) is 54.9 Å². The molecule has 4 rings (SSSR count). The van der Waals surface area contributed by atoms with E-state index in [1.807, 2.05) is 30.5 Å². The molecule has 0 aliphatic rings. The number of nitrogens with zero attached hydrogens (tertiary/aromatic N) is 4. The number of aromatic nitrogens is 4. The van der Waals surface area contributed by atoms with E-state index in [1.54, 1.807) is 10.7 Å². The van der Waals surface area contributed by atoms with Crippen LogP contribution >= 0.6 is 0 Å². The summed E-state index contributed by atoms with van der Waals surface area (Å²) >= 11 is 0.